The smallest absolute Gasteiger partial charge is 0.250 e. The summed E-state index contributed by atoms with van der Waals surface area (Å²) in [6.07, 6.45) is 5.21. The minimum absolute atomic E-state index is 0.0128. The monoisotopic (exact) mass is 414 g/mol. The number of aromatic nitrogens is 4. The van der Waals surface area contributed by atoms with Crippen molar-refractivity contribution >= 4 is 11.8 Å². The van der Waals surface area contributed by atoms with Gasteiger partial charge in [-0.1, -0.05) is 11.3 Å². The predicted octanol–water partition coefficient (Wildman–Crippen LogP) is 0.938. The molecule has 2 amide bonds. The maximum absolute atomic E-state index is 12.4. The van der Waals surface area contributed by atoms with Crippen molar-refractivity contribution in [3.8, 4) is 0 Å². The van der Waals surface area contributed by atoms with E-state index in [0.29, 0.717) is 19.6 Å². The average Bonchev–Trinajstić information content (AvgIpc) is 3.13. The number of pyridine rings is 1. The molecule has 0 radical (unpaired) electrons. The number of rotatable bonds is 8. The molecule has 1 aliphatic carbocycles. The maximum atomic E-state index is 12.4. The van der Waals surface area contributed by atoms with Gasteiger partial charge in [-0.2, -0.15) is 0 Å². The van der Waals surface area contributed by atoms with Gasteiger partial charge in [0.15, 0.2) is 0 Å². The van der Waals surface area contributed by atoms with Gasteiger partial charge in [0.2, 0.25) is 11.8 Å². The van der Waals surface area contributed by atoms with E-state index in [0.717, 1.165) is 37.1 Å². The van der Waals surface area contributed by atoms with Crippen LogP contribution in [0.25, 0.3) is 0 Å². The van der Waals surface area contributed by atoms with Crippen LogP contribution in [-0.4, -0.2) is 44.0 Å². The third kappa shape index (κ3) is 6.01. The normalized spacial score (nSPS) is 18.7. The highest BCUT2D eigenvalue weighted by atomic mass is 16.2. The highest BCUT2D eigenvalue weighted by Gasteiger charge is 2.26. The molecule has 1 fully saturated rings. The largest absolute Gasteiger partial charge is 0.354 e. The lowest BCUT2D eigenvalue weighted by Gasteiger charge is -2.28. The number of carbonyl (C=O) groups is 2. The van der Waals surface area contributed by atoms with Gasteiger partial charge in [-0.25, -0.2) is 0 Å². The molecule has 0 spiro atoms. The molecule has 0 saturated heterocycles. The number of amides is 2. The summed E-state index contributed by atoms with van der Waals surface area (Å²) in [5.41, 5.74) is 1.61. The van der Waals surface area contributed by atoms with Crippen molar-refractivity contribution in [3.05, 3.63) is 46.1 Å². The van der Waals surface area contributed by atoms with E-state index in [1.54, 1.807) is 15.3 Å². The Morgan fingerprint density at radius 3 is 2.57 bits per heavy atom. The Labute approximate surface area is 175 Å². The Kier molecular flexibility index (Phi) is 7.37. The van der Waals surface area contributed by atoms with Gasteiger partial charge >= 0.3 is 0 Å². The van der Waals surface area contributed by atoms with Crippen LogP contribution in [0.4, 0.5) is 0 Å². The molecule has 3 rings (SSSR count). The summed E-state index contributed by atoms with van der Waals surface area (Å²) in [5, 5.41) is 13.9. The molecule has 0 bridgehead atoms. The second kappa shape index (κ2) is 10.2. The van der Waals surface area contributed by atoms with Gasteiger partial charge in [0, 0.05) is 49.4 Å². The molecule has 2 aromatic heterocycles. The van der Waals surface area contributed by atoms with Crippen LogP contribution < -0.4 is 16.2 Å². The molecule has 9 heteroatoms. The van der Waals surface area contributed by atoms with Crippen LogP contribution in [0.3, 0.4) is 0 Å². The summed E-state index contributed by atoms with van der Waals surface area (Å²) in [5.74, 6) is -0.00194. The van der Waals surface area contributed by atoms with Crippen molar-refractivity contribution in [1.29, 1.82) is 0 Å². The Balaban J connectivity index is 1.35. The third-order valence-electron chi connectivity index (χ3n) is 5.59. The van der Waals surface area contributed by atoms with Crippen molar-refractivity contribution in [2.45, 2.75) is 65.1 Å². The van der Waals surface area contributed by atoms with E-state index >= 15 is 0 Å². The predicted molar refractivity (Wildman–Crippen MR) is 112 cm³/mol. The SMILES string of the molecule is Cc1cn(CCNC(=O)C2CCC(NC(=O)CCn3c(C)cccc3=O)CC2)nn1. The minimum atomic E-state index is -0.0896. The summed E-state index contributed by atoms with van der Waals surface area (Å²) in [6, 6.07) is 5.18. The van der Waals surface area contributed by atoms with E-state index < -0.39 is 0 Å². The lowest BCUT2D eigenvalue weighted by Crippen LogP contribution is -2.41. The summed E-state index contributed by atoms with van der Waals surface area (Å²) < 4.78 is 3.33. The van der Waals surface area contributed by atoms with Crippen LogP contribution in [0.1, 0.15) is 43.5 Å². The van der Waals surface area contributed by atoms with Gasteiger partial charge in [-0.15, -0.1) is 5.10 Å². The zero-order valence-electron chi connectivity index (χ0n) is 17.6. The van der Waals surface area contributed by atoms with Gasteiger partial charge in [-0.3, -0.25) is 19.1 Å². The molecule has 9 nitrogen and oxygen atoms in total. The fourth-order valence-electron chi connectivity index (χ4n) is 3.87. The Morgan fingerprint density at radius 2 is 1.90 bits per heavy atom. The van der Waals surface area contributed by atoms with Crippen molar-refractivity contribution < 1.29 is 9.59 Å². The van der Waals surface area contributed by atoms with Crippen molar-refractivity contribution in [2.75, 3.05) is 6.54 Å². The Hall–Kier alpha value is -2.97. The first-order valence-electron chi connectivity index (χ1n) is 10.5. The van der Waals surface area contributed by atoms with Crippen LogP contribution in [0.15, 0.2) is 29.2 Å². The van der Waals surface area contributed by atoms with Gasteiger partial charge in [0.25, 0.3) is 5.56 Å². The molecule has 30 heavy (non-hydrogen) atoms. The zero-order chi connectivity index (χ0) is 21.5. The lowest BCUT2D eigenvalue weighted by atomic mass is 9.85. The number of hydrogen-bond donors (Lipinski definition) is 2. The molecule has 1 saturated carbocycles. The fourth-order valence-corrected chi connectivity index (χ4v) is 3.87. The quantitative estimate of drug-likeness (QED) is 0.668. The number of aryl methyl sites for hydroxylation is 2. The highest BCUT2D eigenvalue weighted by molar-refractivity contribution is 5.79. The standard InChI is InChI=1S/C21H30N6O3/c1-15-14-26(25-24-15)13-11-22-21(30)17-6-8-18(9-7-17)23-19(28)10-12-27-16(2)4-3-5-20(27)29/h3-5,14,17-18H,6-13H2,1-2H3,(H,22,30)(H,23,28). The first kappa shape index (κ1) is 21.7. The van der Waals surface area contributed by atoms with Gasteiger partial charge in [0.05, 0.1) is 12.2 Å². The molecule has 2 heterocycles. The van der Waals surface area contributed by atoms with Crippen LogP contribution in [-0.2, 0) is 22.7 Å². The van der Waals surface area contributed by atoms with E-state index in [1.165, 1.54) is 6.07 Å². The Morgan fingerprint density at radius 1 is 1.13 bits per heavy atom. The molecule has 0 atom stereocenters. The van der Waals surface area contributed by atoms with E-state index in [4.69, 9.17) is 0 Å². The molecular weight excluding hydrogens is 384 g/mol. The molecule has 162 valence electrons. The molecule has 2 N–H and O–H groups in total. The highest BCUT2D eigenvalue weighted by Crippen LogP contribution is 2.24. The van der Waals surface area contributed by atoms with Gasteiger partial charge in [0.1, 0.15) is 0 Å². The first-order valence-corrected chi connectivity index (χ1v) is 10.5. The summed E-state index contributed by atoms with van der Waals surface area (Å²) >= 11 is 0. The fraction of sp³-hybridized carbons (Fsp3) is 0.571. The van der Waals surface area contributed by atoms with E-state index in [-0.39, 0.29) is 35.8 Å². The van der Waals surface area contributed by atoms with Crippen molar-refractivity contribution in [2.24, 2.45) is 5.92 Å². The average molecular weight is 415 g/mol. The molecular formula is C21H30N6O3. The van der Waals surface area contributed by atoms with Crippen molar-refractivity contribution in [1.82, 2.24) is 30.2 Å². The number of nitrogens with one attached hydrogen (secondary N) is 2. The van der Waals surface area contributed by atoms with Crippen LogP contribution in [0.5, 0.6) is 0 Å². The number of nitrogens with zero attached hydrogens (tertiary/aromatic N) is 4. The van der Waals surface area contributed by atoms with Crippen LogP contribution >= 0.6 is 0 Å². The first-order chi connectivity index (χ1) is 14.4. The topological polar surface area (TPSA) is 111 Å². The number of carbonyl (C=O) groups excluding carboxylic acids is 2. The minimum Gasteiger partial charge on any atom is -0.354 e. The lowest BCUT2D eigenvalue weighted by molar-refractivity contribution is -0.126. The van der Waals surface area contributed by atoms with E-state index in [9.17, 15) is 14.4 Å². The zero-order valence-corrected chi connectivity index (χ0v) is 17.6. The van der Waals surface area contributed by atoms with Crippen LogP contribution in [0, 0.1) is 19.8 Å². The van der Waals surface area contributed by atoms with Crippen molar-refractivity contribution in [3.63, 3.8) is 0 Å². The summed E-state index contributed by atoms with van der Waals surface area (Å²) in [7, 11) is 0. The van der Waals surface area contributed by atoms with Gasteiger partial charge in [-0.05, 0) is 45.6 Å². The van der Waals surface area contributed by atoms with Crippen LogP contribution in [0.2, 0.25) is 0 Å². The summed E-state index contributed by atoms with van der Waals surface area (Å²) in [4.78, 5) is 36.5. The molecule has 0 aromatic carbocycles. The maximum Gasteiger partial charge on any atom is 0.250 e. The second-order valence-electron chi connectivity index (χ2n) is 7.94. The third-order valence-corrected chi connectivity index (χ3v) is 5.59. The van der Waals surface area contributed by atoms with Gasteiger partial charge < -0.3 is 15.2 Å². The molecule has 0 aliphatic heterocycles. The van der Waals surface area contributed by atoms with E-state index in [1.807, 2.05) is 26.1 Å². The second-order valence-corrected chi connectivity index (χ2v) is 7.94. The molecule has 1 aliphatic rings. The van der Waals surface area contributed by atoms with E-state index in [2.05, 4.69) is 20.9 Å². The summed E-state index contributed by atoms with van der Waals surface area (Å²) in [6.45, 7) is 5.24. The Bertz CT molecular complexity index is 927. The molecule has 0 unspecified atom stereocenters. The number of hydrogen-bond acceptors (Lipinski definition) is 5. The molecule has 2 aromatic rings.